The summed E-state index contributed by atoms with van der Waals surface area (Å²) in [7, 11) is 0. The van der Waals surface area contributed by atoms with Crippen LogP contribution in [0.4, 0.5) is 0 Å². The number of hydrogen-bond donors (Lipinski definition) is 2. The highest BCUT2D eigenvalue weighted by Crippen LogP contribution is 2.22. The Kier molecular flexibility index (Phi) is 6.71. The van der Waals surface area contributed by atoms with Crippen LogP contribution in [-0.4, -0.2) is 34.4 Å². The van der Waals surface area contributed by atoms with Gasteiger partial charge in [0.05, 0.1) is 12.1 Å². The molecule has 3 rings (SSSR count). The molecule has 1 aliphatic rings. The van der Waals surface area contributed by atoms with Gasteiger partial charge in [0.1, 0.15) is 5.01 Å². The van der Waals surface area contributed by atoms with Crippen LogP contribution in [-0.2, 0) is 16.0 Å². The van der Waals surface area contributed by atoms with Crippen LogP contribution in [0.3, 0.4) is 0 Å². The van der Waals surface area contributed by atoms with Crippen molar-refractivity contribution in [1.29, 1.82) is 0 Å². The van der Waals surface area contributed by atoms with E-state index in [1.165, 1.54) is 30.6 Å². The number of nitrogens with one attached hydrogen (secondary N) is 2. The minimum atomic E-state index is -0.112. The molecule has 2 heterocycles. The zero-order valence-electron chi connectivity index (χ0n) is 14.7. The van der Waals surface area contributed by atoms with Crippen LogP contribution in [0.15, 0.2) is 29.9 Å². The zero-order chi connectivity index (χ0) is 18.2. The highest BCUT2D eigenvalue weighted by Gasteiger charge is 2.15. The Bertz CT molecular complexity index is 726. The van der Waals surface area contributed by atoms with Gasteiger partial charge < -0.3 is 10.6 Å². The molecule has 0 bridgehead atoms. The first kappa shape index (κ1) is 18.5. The molecule has 2 aromatic rings. The van der Waals surface area contributed by atoms with Crippen molar-refractivity contribution in [3.05, 3.63) is 35.6 Å². The Labute approximate surface area is 157 Å². The van der Waals surface area contributed by atoms with E-state index >= 15 is 0 Å². The number of aromatic nitrogens is 2. The summed E-state index contributed by atoms with van der Waals surface area (Å²) in [6.45, 7) is 0.358. The van der Waals surface area contributed by atoms with E-state index in [1.54, 1.807) is 12.4 Å². The third kappa shape index (κ3) is 5.62. The monoisotopic (exact) mass is 372 g/mol. The summed E-state index contributed by atoms with van der Waals surface area (Å²) >= 11 is 1.50. The van der Waals surface area contributed by atoms with Gasteiger partial charge in [0, 0.05) is 42.3 Å². The molecule has 2 amide bonds. The van der Waals surface area contributed by atoms with Gasteiger partial charge in [-0.15, -0.1) is 11.3 Å². The summed E-state index contributed by atoms with van der Waals surface area (Å²) in [5, 5.41) is 8.60. The minimum Gasteiger partial charge on any atom is -0.355 e. The molecule has 26 heavy (non-hydrogen) atoms. The molecule has 0 radical (unpaired) electrons. The van der Waals surface area contributed by atoms with E-state index < -0.39 is 0 Å². The molecular weight excluding hydrogens is 348 g/mol. The number of thiazole rings is 1. The van der Waals surface area contributed by atoms with Crippen LogP contribution in [0.5, 0.6) is 0 Å². The highest BCUT2D eigenvalue weighted by molar-refractivity contribution is 7.13. The maximum Gasteiger partial charge on any atom is 0.226 e. The number of pyridine rings is 1. The van der Waals surface area contributed by atoms with E-state index in [4.69, 9.17) is 0 Å². The number of amides is 2. The first-order chi connectivity index (χ1) is 12.7. The van der Waals surface area contributed by atoms with E-state index in [0.29, 0.717) is 19.0 Å². The molecule has 0 spiro atoms. The SMILES string of the molecule is O=C(Cc1csc(-c2cccnc2)n1)NCCC(=O)NC1CCCCC1. The lowest BCUT2D eigenvalue weighted by Gasteiger charge is -2.22. The van der Waals surface area contributed by atoms with Crippen LogP contribution in [0.25, 0.3) is 10.6 Å². The number of rotatable bonds is 7. The van der Waals surface area contributed by atoms with Crippen molar-refractivity contribution in [3.8, 4) is 10.6 Å². The molecule has 6 nitrogen and oxygen atoms in total. The van der Waals surface area contributed by atoms with Crippen molar-refractivity contribution in [2.75, 3.05) is 6.54 Å². The molecule has 0 saturated heterocycles. The lowest BCUT2D eigenvalue weighted by Crippen LogP contribution is -2.38. The molecule has 0 unspecified atom stereocenters. The quantitative estimate of drug-likeness (QED) is 0.783. The van der Waals surface area contributed by atoms with Gasteiger partial charge in [-0.1, -0.05) is 19.3 Å². The standard InChI is InChI=1S/C19H24N4O2S/c24-17(22-15-6-2-1-3-7-15)8-10-21-18(25)11-16-13-26-19(23-16)14-5-4-9-20-12-14/h4-5,9,12-13,15H,1-3,6-8,10-11H2,(H,21,25)(H,22,24). The molecular formula is C19H24N4O2S. The summed E-state index contributed by atoms with van der Waals surface area (Å²) in [4.78, 5) is 32.5. The molecule has 1 saturated carbocycles. The van der Waals surface area contributed by atoms with Gasteiger partial charge in [0.15, 0.2) is 0 Å². The Balaban J connectivity index is 1.38. The Morgan fingerprint density at radius 2 is 2.04 bits per heavy atom. The second-order valence-corrected chi connectivity index (χ2v) is 7.42. The van der Waals surface area contributed by atoms with E-state index in [0.717, 1.165) is 29.1 Å². The predicted molar refractivity (Wildman–Crippen MR) is 102 cm³/mol. The minimum absolute atomic E-state index is 0.0183. The molecule has 1 aliphatic carbocycles. The van der Waals surface area contributed by atoms with Gasteiger partial charge in [0.2, 0.25) is 11.8 Å². The number of carbonyl (C=O) groups excluding carboxylic acids is 2. The first-order valence-corrected chi connectivity index (χ1v) is 9.99. The third-order valence-corrected chi connectivity index (χ3v) is 5.39. The average molecular weight is 372 g/mol. The van der Waals surface area contributed by atoms with E-state index in [9.17, 15) is 9.59 Å². The third-order valence-electron chi connectivity index (χ3n) is 4.45. The molecule has 138 valence electrons. The molecule has 2 N–H and O–H groups in total. The summed E-state index contributed by atoms with van der Waals surface area (Å²) < 4.78 is 0. The van der Waals surface area contributed by atoms with Crippen molar-refractivity contribution in [2.45, 2.75) is 51.0 Å². The Hall–Kier alpha value is -2.28. The summed E-state index contributed by atoms with van der Waals surface area (Å²) in [6.07, 6.45) is 9.81. The lowest BCUT2D eigenvalue weighted by molar-refractivity contribution is -0.122. The first-order valence-electron chi connectivity index (χ1n) is 9.11. The highest BCUT2D eigenvalue weighted by atomic mass is 32.1. The smallest absolute Gasteiger partial charge is 0.226 e. The Morgan fingerprint density at radius 3 is 2.81 bits per heavy atom. The summed E-state index contributed by atoms with van der Waals surface area (Å²) in [5.74, 6) is -0.0942. The van der Waals surface area contributed by atoms with Crippen molar-refractivity contribution >= 4 is 23.2 Å². The molecule has 0 aromatic carbocycles. The fraction of sp³-hybridized carbons (Fsp3) is 0.474. The average Bonchev–Trinajstić information content (AvgIpc) is 3.11. The lowest BCUT2D eigenvalue weighted by atomic mass is 9.95. The fourth-order valence-corrected chi connectivity index (χ4v) is 3.91. The van der Waals surface area contributed by atoms with Gasteiger partial charge in [-0.2, -0.15) is 0 Å². The van der Waals surface area contributed by atoms with Crippen LogP contribution in [0.2, 0.25) is 0 Å². The number of carbonyl (C=O) groups is 2. The maximum absolute atomic E-state index is 12.0. The predicted octanol–water partition coefficient (Wildman–Crippen LogP) is 2.70. The Morgan fingerprint density at radius 1 is 1.19 bits per heavy atom. The van der Waals surface area contributed by atoms with Crippen molar-refractivity contribution in [1.82, 2.24) is 20.6 Å². The van der Waals surface area contributed by atoms with Gasteiger partial charge in [-0.25, -0.2) is 4.98 Å². The molecule has 7 heteroatoms. The number of hydrogen-bond acceptors (Lipinski definition) is 5. The van der Waals surface area contributed by atoms with Crippen molar-refractivity contribution in [3.63, 3.8) is 0 Å². The normalized spacial score (nSPS) is 14.8. The van der Waals surface area contributed by atoms with Gasteiger partial charge in [0.25, 0.3) is 0 Å². The summed E-state index contributed by atoms with van der Waals surface area (Å²) in [6, 6.07) is 4.12. The van der Waals surface area contributed by atoms with Crippen LogP contribution in [0.1, 0.15) is 44.2 Å². The van der Waals surface area contributed by atoms with Crippen LogP contribution >= 0.6 is 11.3 Å². The summed E-state index contributed by atoms with van der Waals surface area (Å²) in [5.41, 5.74) is 1.68. The van der Waals surface area contributed by atoms with Crippen molar-refractivity contribution in [2.24, 2.45) is 0 Å². The van der Waals surface area contributed by atoms with E-state index in [-0.39, 0.29) is 18.2 Å². The molecule has 0 aliphatic heterocycles. The molecule has 2 aromatic heterocycles. The second kappa shape index (κ2) is 9.43. The van der Waals surface area contributed by atoms with E-state index in [2.05, 4.69) is 20.6 Å². The van der Waals surface area contributed by atoms with E-state index in [1.807, 2.05) is 17.5 Å². The molecule has 0 atom stereocenters. The zero-order valence-corrected chi connectivity index (χ0v) is 15.6. The van der Waals surface area contributed by atoms with Gasteiger partial charge in [-0.3, -0.25) is 14.6 Å². The number of nitrogens with zero attached hydrogens (tertiary/aromatic N) is 2. The second-order valence-electron chi connectivity index (χ2n) is 6.56. The van der Waals surface area contributed by atoms with Crippen molar-refractivity contribution < 1.29 is 9.59 Å². The topological polar surface area (TPSA) is 84.0 Å². The largest absolute Gasteiger partial charge is 0.355 e. The maximum atomic E-state index is 12.0. The van der Waals surface area contributed by atoms with Crippen LogP contribution < -0.4 is 10.6 Å². The molecule has 1 fully saturated rings. The fourth-order valence-electron chi connectivity index (χ4n) is 3.10. The van der Waals surface area contributed by atoms with Gasteiger partial charge in [-0.05, 0) is 25.0 Å². The van der Waals surface area contributed by atoms with Crippen LogP contribution in [0, 0.1) is 0 Å². The van der Waals surface area contributed by atoms with Gasteiger partial charge >= 0.3 is 0 Å².